The average Bonchev–Trinajstić information content (AvgIpc) is 3.33. The lowest BCUT2D eigenvalue weighted by atomic mass is 10.0. The van der Waals surface area contributed by atoms with E-state index < -0.39 is 0 Å². The van der Waals surface area contributed by atoms with E-state index in [1.807, 2.05) is 24.4 Å². The number of piperazine rings is 1. The molecule has 2 aliphatic heterocycles. The first-order valence-corrected chi connectivity index (χ1v) is 11.8. The zero-order chi connectivity index (χ0) is 22.6. The Labute approximate surface area is 195 Å². The summed E-state index contributed by atoms with van der Waals surface area (Å²) in [6.45, 7) is 8.91. The van der Waals surface area contributed by atoms with Crippen molar-refractivity contribution in [1.29, 1.82) is 0 Å². The number of anilines is 2. The molecule has 0 saturated carbocycles. The zero-order valence-corrected chi connectivity index (χ0v) is 19.5. The second-order valence-electron chi connectivity index (χ2n) is 9.07. The zero-order valence-electron chi connectivity index (χ0n) is 19.5. The van der Waals surface area contributed by atoms with Crippen LogP contribution in [0.15, 0.2) is 47.1 Å². The molecule has 2 saturated heterocycles. The Hall–Kier alpha value is -3.13. The molecule has 2 aromatic heterocycles. The van der Waals surface area contributed by atoms with Crippen LogP contribution in [0.2, 0.25) is 0 Å². The molecule has 0 unspecified atom stereocenters. The molecule has 0 radical (unpaired) electrons. The van der Waals surface area contributed by atoms with Gasteiger partial charge in [0.2, 0.25) is 11.7 Å². The standard InChI is InChI=1S/C25H32N6O2/c1-19-5-4-10-31(17-19)23-9-8-20(16-26-23)25-27-24(33-28-25)18-29-11-13-30(14-12-29)21-6-3-7-22(15-21)32-2/h3,6-9,15-16,19H,4-5,10-14,17-18H2,1-2H3/t19-/m0/s1. The van der Waals surface area contributed by atoms with E-state index in [9.17, 15) is 0 Å². The van der Waals surface area contributed by atoms with Gasteiger partial charge in [0.05, 0.1) is 13.7 Å². The second kappa shape index (κ2) is 9.79. The summed E-state index contributed by atoms with van der Waals surface area (Å²) in [5.41, 5.74) is 2.09. The summed E-state index contributed by atoms with van der Waals surface area (Å²) in [6.07, 6.45) is 4.39. The lowest BCUT2D eigenvalue weighted by Crippen LogP contribution is -2.46. The number of rotatable bonds is 6. The molecule has 33 heavy (non-hydrogen) atoms. The van der Waals surface area contributed by atoms with E-state index in [-0.39, 0.29) is 0 Å². The molecule has 0 bridgehead atoms. The van der Waals surface area contributed by atoms with E-state index in [1.165, 1.54) is 18.5 Å². The summed E-state index contributed by atoms with van der Waals surface area (Å²) in [4.78, 5) is 16.4. The third kappa shape index (κ3) is 5.11. The summed E-state index contributed by atoms with van der Waals surface area (Å²) in [7, 11) is 1.70. The van der Waals surface area contributed by atoms with Gasteiger partial charge in [-0.3, -0.25) is 4.90 Å². The van der Waals surface area contributed by atoms with E-state index >= 15 is 0 Å². The predicted molar refractivity (Wildman–Crippen MR) is 129 cm³/mol. The molecule has 174 valence electrons. The van der Waals surface area contributed by atoms with Gasteiger partial charge in [-0.2, -0.15) is 4.98 Å². The molecule has 2 fully saturated rings. The summed E-state index contributed by atoms with van der Waals surface area (Å²) in [5.74, 6) is 3.89. The number of methoxy groups -OCH3 is 1. The van der Waals surface area contributed by atoms with Crippen LogP contribution >= 0.6 is 0 Å². The Kier molecular flexibility index (Phi) is 6.44. The van der Waals surface area contributed by atoms with Gasteiger partial charge >= 0.3 is 0 Å². The van der Waals surface area contributed by atoms with Gasteiger partial charge in [-0.05, 0) is 43.0 Å². The Balaban J connectivity index is 1.16. The highest BCUT2D eigenvalue weighted by atomic mass is 16.5. The number of aromatic nitrogens is 3. The van der Waals surface area contributed by atoms with Gasteiger partial charge in [0, 0.05) is 62.8 Å². The smallest absolute Gasteiger partial charge is 0.241 e. The van der Waals surface area contributed by atoms with Gasteiger partial charge in [-0.25, -0.2) is 4.98 Å². The number of piperidine rings is 1. The van der Waals surface area contributed by atoms with E-state index in [0.717, 1.165) is 62.3 Å². The lowest BCUT2D eigenvalue weighted by Gasteiger charge is -2.35. The maximum absolute atomic E-state index is 5.55. The van der Waals surface area contributed by atoms with Crippen molar-refractivity contribution in [3.8, 4) is 17.1 Å². The molecule has 8 heteroatoms. The number of ether oxygens (including phenoxy) is 1. The van der Waals surface area contributed by atoms with Crippen LogP contribution in [0.1, 0.15) is 25.7 Å². The Morgan fingerprint density at radius 1 is 1.06 bits per heavy atom. The van der Waals surface area contributed by atoms with Crippen LogP contribution in [-0.2, 0) is 6.54 Å². The second-order valence-corrected chi connectivity index (χ2v) is 9.07. The van der Waals surface area contributed by atoms with Crippen molar-refractivity contribution >= 4 is 11.5 Å². The molecule has 0 amide bonds. The number of hydrogen-bond donors (Lipinski definition) is 0. The lowest BCUT2D eigenvalue weighted by molar-refractivity contribution is 0.215. The molecule has 4 heterocycles. The molecule has 1 aromatic carbocycles. The summed E-state index contributed by atoms with van der Waals surface area (Å²) in [6, 6.07) is 12.3. The molecular formula is C25H32N6O2. The third-order valence-electron chi connectivity index (χ3n) is 6.60. The van der Waals surface area contributed by atoms with E-state index in [2.05, 4.69) is 54.9 Å². The molecule has 0 spiro atoms. The SMILES string of the molecule is COc1cccc(N2CCN(Cc3nc(-c4ccc(N5CCC[C@H](C)C5)nc4)no3)CC2)c1. The quantitative estimate of drug-likeness (QED) is 0.565. The first-order valence-electron chi connectivity index (χ1n) is 11.8. The fourth-order valence-electron chi connectivity index (χ4n) is 4.70. The Bertz CT molecular complexity index is 1050. The Morgan fingerprint density at radius 3 is 2.70 bits per heavy atom. The third-order valence-corrected chi connectivity index (χ3v) is 6.60. The number of benzene rings is 1. The van der Waals surface area contributed by atoms with Crippen LogP contribution in [0.3, 0.4) is 0 Å². The van der Waals surface area contributed by atoms with Gasteiger partial charge in [0.1, 0.15) is 11.6 Å². The minimum Gasteiger partial charge on any atom is -0.497 e. The minimum absolute atomic E-state index is 0.603. The first-order chi connectivity index (χ1) is 16.2. The summed E-state index contributed by atoms with van der Waals surface area (Å²) < 4.78 is 10.9. The molecule has 1 atom stereocenters. The topological polar surface area (TPSA) is 70.8 Å². The van der Waals surface area contributed by atoms with Gasteiger partial charge in [-0.1, -0.05) is 18.1 Å². The van der Waals surface area contributed by atoms with Gasteiger partial charge in [0.25, 0.3) is 0 Å². The predicted octanol–water partition coefficient (Wildman–Crippen LogP) is 3.70. The van der Waals surface area contributed by atoms with E-state index in [1.54, 1.807) is 7.11 Å². The van der Waals surface area contributed by atoms with Crippen LogP contribution in [-0.4, -0.2) is 66.4 Å². The van der Waals surface area contributed by atoms with Crippen molar-refractivity contribution in [2.75, 3.05) is 56.2 Å². The fourth-order valence-corrected chi connectivity index (χ4v) is 4.70. The monoisotopic (exact) mass is 448 g/mol. The van der Waals surface area contributed by atoms with E-state index in [0.29, 0.717) is 18.3 Å². The highest BCUT2D eigenvalue weighted by Gasteiger charge is 2.21. The van der Waals surface area contributed by atoms with E-state index in [4.69, 9.17) is 9.26 Å². The summed E-state index contributed by atoms with van der Waals surface area (Å²) >= 11 is 0. The van der Waals surface area contributed by atoms with Crippen molar-refractivity contribution in [3.05, 3.63) is 48.5 Å². The molecule has 3 aromatic rings. The van der Waals surface area contributed by atoms with Gasteiger partial charge < -0.3 is 19.1 Å². The van der Waals surface area contributed by atoms with Crippen molar-refractivity contribution < 1.29 is 9.26 Å². The molecule has 2 aliphatic rings. The maximum Gasteiger partial charge on any atom is 0.241 e. The normalized spacial score (nSPS) is 19.6. The molecule has 0 N–H and O–H groups in total. The van der Waals surface area contributed by atoms with Crippen LogP contribution in [0.25, 0.3) is 11.4 Å². The maximum atomic E-state index is 5.55. The van der Waals surface area contributed by atoms with Crippen LogP contribution in [0.5, 0.6) is 5.75 Å². The number of hydrogen-bond acceptors (Lipinski definition) is 8. The van der Waals surface area contributed by atoms with Crippen molar-refractivity contribution in [1.82, 2.24) is 20.0 Å². The van der Waals surface area contributed by atoms with Crippen LogP contribution in [0, 0.1) is 5.92 Å². The highest BCUT2D eigenvalue weighted by molar-refractivity contribution is 5.56. The number of pyridine rings is 1. The van der Waals surface area contributed by atoms with Gasteiger partial charge in [0.15, 0.2) is 0 Å². The number of nitrogens with zero attached hydrogens (tertiary/aromatic N) is 6. The van der Waals surface area contributed by atoms with Crippen molar-refractivity contribution in [2.24, 2.45) is 5.92 Å². The van der Waals surface area contributed by atoms with Crippen molar-refractivity contribution in [3.63, 3.8) is 0 Å². The molecule has 8 nitrogen and oxygen atoms in total. The van der Waals surface area contributed by atoms with Gasteiger partial charge in [-0.15, -0.1) is 0 Å². The molecule has 0 aliphatic carbocycles. The fraction of sp³-hybridized carbons (Fsp3) is 0.480. The first kappa shape index (κ1) is 21.7. The molecule has 5 rings (SSSR count). The van der Waals surface area contributed by atoms with Crippen LogP contribution in [0.4, 0.5) is 11.5 Å². The largest absolute Gasteiger partial charge is 0.497 e. The summed E-state index contributed by atoms with van der Waals surface area (Å²) in [5, 5.41) is 4.20. The highest BCUT2D eigenvalue weighted by Crippen LogP contribution is 2.25. The average molecular weight is 449 g/mol. The Morgan fingerprint density at radius 2 is 1.94 bits per heavy atom. The minimum atomic E-state index is 0.603. The molecular weight excluding hydrogens is 416 g/mol. The van der Waals surface area contributed by atoms with Crippen LogP contribution < -0.4 is 14.5 Å². The van der Waals surface area contributed by atoms with Crippen molar-refractivity contribution in [2.45, 2.75) is 26.3 Å².